The first-order valence-electron chi connectivity index (χ1n) is 6.42. The lowest BCUT2D eigenvalue weighted by molar-refractivity contribution is -0.137. The van der Waals surface area contributed by atoms with Crippen LogP contribution in [0.2, 0.25) is 0 Å². The van der Waals surface area contributed by atoms with E-state index in [1.165, 1.54) is 6.07 Å². The minimum absolute atomic E-state index is 0.0534. The maximum Gasteiger partial charge on any atom is 0.416 e. The number of nitriles is 1. The molecule has 0 fully saturated rings. The summed E-state index contributed by atoms with van der Waals surface area (Å²) in [7, 11) is 0. The largest absolute Gasteiger partial charge is 0.416 e. The minimum Gasteiger partial charge on any atom is -0.362 e. The molecule has 3 rings (SSSR count). The molecule has 0 unspecified atom stereocenters. The van der Waals surface area contributed by atoms with Crippen molar-refractivity contribution in [3.63, 3.8) is 0 Å². The van der Waals surface area contributed by atoms with Crippen LogP contribution in [-0.2, 0) is 19.3 Å². The average Bonchev–Trinajstić information content (AvgIpc) is 2.89. The van der Waals surface area contributed by atoms with E-state index in [0.29, 0.717) is 18.8 Å². The van der Waals surface area contributed by atoms with Gasteiger partial charge >= 0.3 is 6.18 Å². The number of halogens is 3. The SMILES string of the molecule is N#Cc1cc(C(F)(F)F)ccc1N1Cc2ccccc2C1. The fourth-order valence-electron chi connectivity index (χ4n) is 2.58. The Bertz CT molecular complexity index is 704. The summed E-state index contributed by atoms with van der Waals surface area (Å²) in [6.07, 6.45) is -4.43. The molecule has 0 amide bonds. The summed E-state index contributed by atoms with van der Waals surface area (Å²) in [5.41, 5.74) is 2.08. The van der Waals surface area contributed by atoms with Gasteiger partial charge in [-0.25, -0.2) is 0 Å². The molecule has 2 aromatic carbocycles. The number of fused-ring (bicyclic) bond motifs is 1. The number of rotatable bonds is 1. The molecule has 1 heterocycles. The summed E-state index contributed by atoms with van der Waals surface area (Å²) < 4.78 is 38.1. The van der Waals surface area contributed by atoms with Gasteiger partial charge in [-0.3, -0.25) is 0 Å². The molecule has 0 aliphatic carbocycles. The van der Waals surface area contributed by atoms with Crippen molar-refractivity contribution in [2.24, 2.45) is 0 Å². The maximum absolute atomic E-state index is 12.7. The molecule has 0 saturated heterocycles. The molecule has 21 heavy (non-hydrogen) atoms. The van der Waals surface area contributed by atoms with Gasteiger partial charge in [0, 0.05) is 13.1 Å². The number of benzene rings is 2. The Balaban J connectivity index is 1.96. The second-order valence-corrected chi connectivity index (χ2v) is 4.97. The minimum atomic E-state index is -4.43. The van der Waals surface area contributed by atoms with Crippen LogP contribution in [0.3, 0.4) is 0 Å². The van der Waals surface area contributed by atoms with Gasteiger partial charge in [-0.2, -0.15) is 18.4 Å². The smallest absolute Gasteiger partial charge is 0.362 e. The zero-order chi connectivity index (χ0) is 15.0. The molecule has 2 nitrogen and oxygen atoms in total. The van der Waals surface area contributed by atoms with Gasteiger partial charge in [0.05, 0.1) is 16.8 Å². The Morgan fingerprint density at radius 3 is 2.14 bits per heavy atom. The molecule has 0 atom stereocenters. The number of hydrogen-bond donors (Lipinski definition) is 0. The molecular formula is C16H11F3N2. The molecular weight excluding hydrogens is 277 g/mol. The number of nitrogens with zero attached hydrogens (tertiary/aromatic N) is 2. The zero-order valence-electron chi connectivity index (χ0n) is 11.0. The predicted octanol–water partition coefficient (Wildman–Crippen LogP) is 4.10. The highest BCUT2D eigenvalue weighted by atomic mass is 19.4. The lowest BCUT2D eigenvalue weighted by atomic mass is 10.1. The Morgan fingerprint density at radius 2 is 1.62 bits per heavy atom. The molecule has 0 aromatic heterocycles. The molecule has 5 heteroatoms. The molecule has 1 aliphatic rings. The van der Waals surface area contributed by atoms with Crippen molar-refractivity contribution in [3.05, 3.63) is 64.7 Å². The third-order valence-corrected chi connectivity index (χ3v) is 3.63. The van der Waals surface area contributed by atoms with Gasteiger partial charge in [-0.1, -0.05) is 24.3 Å². The second-order valence-electron chi connectivity index (χ2n) is 4.97. The molecule has 0 radical (unpaired) electrons. The first-order chi connectivity index (χ1) is 9.99. The standard InChI is InChI=1S/C16H11F3N2/c17-16(18,19)14-5-6-15(13(7-14)8-20)21-9-11-3-1-2-4-12(11)10-21/h1-7H,9-10H2. The number of anilines is 1. The van der Waals surface area contributed by atoms with E-state index in [0.717, 1.165) is 23.3 Å². The first-order valence-corrected chi connectivity index (χ1v) is 6.42. The van der Waals surface area contributed by atoms with Gasteiger partial charge in [0.15, 0.2) is 0 Å². The van der Waals surface area contributed by atoms with Crippen LogP contribution in [0, 0.1) is 11.3 Å². The van der Waals surface area contributed by atoms with Crippen molar-refractivity contribution < 1.29 is 13.2 Å². The number of hydrogen-bond acceptors (Lipinski definition) is 2. The fourth-order valence-corrected chi connectivity index (χ4v) is 2.58. The van der Waals surface area contributed by atoms with Crippen LogP contribution in [0.5, 0.6) is 0 Å². The lowest BCUT2D eigenvalue weighted by Gasteiger charge is -2.20. The van der Waals surface area contributed by atoms with Crippen molar-refractivity contribution in [1.29, 1.82) is 5.26 Å². The highest BCUT2D eigenvalue weighted by Crippen LogP contribution is 2.35. The highest BCUT2D eigenvalue weighted by molar-refractivity contribution is 5.62. The molecule has 2 aromatic rings. The fraction of sp³-hybridized carbons (Fsp3) is 0.188. The monoisotopic (exact) mass is 288 g/mol. The normalized spacial score (nSPS) is 13.9. The van der Waals surface area contributed by atoms with E-state index in [2.05, 4.69) is 0 Å². The molecule has 0 bridgehead atoms. The maximum atomic E-state index is 12.7. The van der Waals surface area contributed by atoms with Crippen molar-refractivity contribution in [3.8, 4) is 6.07 Å². The first kappa shape index (κ1) is 13.5. The Kier molecular flexibility index (Phi) is 3.09. The quantitative estimate of drug-likeness (QED) is 0.790. The topological polar surface area (TPSA) is 27.0 Å². The van der Waals surface area contributed by atoms with Crippen molar-refractivity contribution in [2.45, 2.75) is 19.3 Å². The zero-order valence-corrected chi connectivity index (χ0v) is 11.0. The summed E-state index contributed by atoms with van der Waals surface area (Å²) in [5.74, 6) is 0. The Hall–Kier alpha value is -2.48. The average molecular weight is 288 g/mol. The van der Waals surface area contributed by atoms with Crippen molar-refractivity contribution in [2.75, 3.05) is 4.90 Å². The molecule has 1 aliphatic heterocycles. The van der Waals surface area contributed by atoms with Crippen LogP contribution >= 0.6 is 0 Å². The third kappa shape index (κ3) is 2.45. The van der Waals surface area contributed by atoms with Crippen LogP contribution < -0.4 is 4.90 Å². The van der Waals surface area contributed by atoms with Gasteiger partial charge in [-0.15, -0.1) is 0 Å². The number of alkyl halides is 3. The van der Waals surface area contributed by atoms with Crippen LogP contribution in [0.15, 0.2) is 42.5 Å². The van der Waals surface area contributed by atoms with Gasteiger partial charge < -0.3 is 4.90 Å². The Morgan fingerprint density at radius 1 is 1.00 bits per heavy atom. The van der Waals surface area contributed by atoms with E-state index in [9.17, 15) is 13.2 Å². The molecule has 0 N–H and O–H groups in total. The van der Waals surface area contributed by atoms with Gasteiger partial charge in [0.25, 0.3) is 0 Å². The molecule has 0 spiro atoms. The lowest BCUT2D eigenvalue weighted by Crippen LogP contribution is -2.16. The van der Waals surface area contributed by atoms with E-state index in [1.54, 1.807) is 0 Å². The van der Waals surface area contributed by atoms with E-state index < -0.39 is 11.7 Å². The molecule has 0 saturated carbocycles. The van der Waals surface area contributed by atoms with Crippen LogP contribution in [0.1, 0.15) is 22.3 Å². The summed E-state index contributed by atoms with van der Waals surface area (Å²) in [5, 5.41) is 9.14. The van der Waals surface area contributed by atoms with E-state index in [4.69, 9.17) is 5.26 Å². The third-order valence-electron chi connectivity index (χ3n) is 3.63. The summed E-state index contributed by atoms with van der Waals surface area (Å²) in [6.45, 7) is 1.21. The van der Waals surface area contributed by atoms with Crippen LogP contribution in [-0.4, -0.2) is 0 Å². The summed E-state index contributed by atoms with van der Waals surface area (Å²) in [4.78, 5) is 1.92. The van der Waals surface area contributed by atoms with Crippen molar-refractivity contribution >= 4 is 5.69 Å². The van der Waals surface area contributed by atoms with Crippen LogP contribution in [0.4, 0.5) is 18.9 Å². The van der Waals surface area contributed by atoms with Crippen molar-refractivity contribution in [1.82, 2.24) is 0 Å². The van der Waals surface area contributed by atoms with Crippen LogP contribution in [0.25, 0.3) is 0 Å². The van der Waals surface area contributed by atoms with E-state index >= 15 is 0 Å². The van der Waals surface area contributed by atoms with Gasteiger partial charge in [0.2, 0.25) is 0 Å². The molecule has 106 valence electrons. The summed E-state index contributed by atoms with van der Waals surface area (Å²) >= 11 is 0. The second kappa shape index (κ2) is 4.81. The summed E-state index contributed by atoms with van der Waals surface area (Å²) in [6, 6.07) is 13.0. The van der Waals surface area contributed by atoms with Gasteiger partial charge in [-0.05, 0) is 29.3 Å². The Labute approximate surface area is 120 Å². The van der Waals surface area contributed by atoms with E-state index in [1.807, 2.05) is 35.2 Å². The predicted molar refractivity (Wildman–Crippen MR) is 72.5 cm³/mol. The van der Waals surface area contributed by atoms with Gasteiger partial charge in [0.1, 0.15) is 6.07 Å². The highest BCUT2D eigenvalue weighted by Gasteiger charge is 2.32. The van der Waals surface area contributed by atoms with E-state index in [-0.39, 0.29) is 5.56 Å².